The van der Waals surface area contributed by atoms with Crippen LogP contribution in [-0.2, 0) is 4.74 Å². The molecule has 1 atom stereocenters. The van der Waals surface area contributed by atoms with E-state index in [2.05, 4.69) is 45.7 Å². The Morgan fingerprint density at radius 2 is 2.40 bits per heavy atom. The van der Waals surface area contributed by atoms with Crippen molar-refractivity contribution >= 4 is 21.7 Å². The normalized spacial score (nSPS) is 21.8. The number of hydrogen-bond donors (Lipinski definition) is 0. The summed E-state index contributed by atoms with van der Waals surface area (Å²) in [5.41, 5.74) is 1.22. The lowest BCUT2D eigenvalue weighted by Gasteiger charge is -2.32. The third-order valence-electron chi connectivity index (χ3n) is 2.60. The second kappa shape index (κ2) is 4.49. The van der Waals surface area contributed by atoms with Crippen LogP contribution in [0.4, 0.5) is 5.82 Å². The Morgan fingerprint density at radius 1 is 1.60 bits per heavy atom. The fourth-order valence-electron chi connectivity index (χ4n) is 1.72. The van der Waals surface area contributed by atoms with Gasteiger partial charge in [-0.3, -0.25) is 0 Å². The van der Waals surface area contributed by atoms with E-state index in [0.717, 1.165) is 30.0 Å². The molecule has 0 N–H and O–H groups in total. The van der Waals surface area contributed by atoms with Gasteiger partial charge in [-0.15, -0.1) is 0 Å². The number of nitrogens with zero attached hydrogens (tertiary/aromatic N) is 2. The first-order valence-electron chi connectivity index (χ1n) is 5.15. The molecule has 1 aliphatic heterocycles. The number of aromatic nitrogens is 1. The van der Waals surface area contributed by atoms with Gasteiger partial charge in [0.15, 0.2) is 0 Å². The van der Waals surface area contributed by atoms with Crippen LogP contribution in [0.25, 0.3) is 0 Å². The highest BCUT2D eigenvalue weighted by Gasteiger charge is 2.17. The Morgan fingerprint density at radius 3 is 3.07 bits per heavy atom. The summed E-state index contributed by atoms with van der Waals surface area (Å²) in [5.74, 6) is 1.05. The van der Waals surface area contributed by atoms with E-state index in [4.69, 9.17) is 4.74 Å². The van der Waals surface area contributed by atoms with Gasteiger partial charge in [-0.05, 0) is 41.4 Å². The maximum atomic E-state index is 5.50. The molecule has 0 bridgehead atoms. The Balaban J connectivity index is 2.18. The molecular formula is C11H15BrN2O. The summed E-state index contributed by atoms with van der Waals surface area (Å²) in [5, 5.41) is 0. The van der Waals surface area contributed by atoms with Crippen LogP contribution in [0.5, 0.6) is 0 Å². The molecule has 1 saturated heterocycles. The summed E-state index contributed by atoms with van der Waals surface area (Å²) in [6.07, 6.45) is 2.16. The number of morpholine rings is 1. The molecule has 3 nitrogen and oxygen atoms in total. The molecule has 0 aliphatic carbocycles. The molecule has 0 spiro atoms. The van der Waals surface area contributed by atoms with E-state index < -0.39 is 0 Å². The molecule has 4 heteroatoms. The van der Waals surface area contributed by atoms with E-state index in [1.807, 2.05) is 6.20 Å². The summed E-state index contributed by atoms with van der Waals surface area (Å²) < 4.78 is 6.57. The van der Waals surface area contributed by atoms with Crippen molar-refractivity contribution in [2.45, 2.75) is 20.0 Å². The minimum absolute atomic E-state index is 0.296. The monoisotopic (exact) mass is 270 g/mol. The number of rotatable bonds is 1. The predicted molar refractivity (Wildman–Crippen MR) is 64.3 cm³/mol. The van der Waals surface area contributed by atoms with E-state index in [9.17, 15) is 0 Å². The minimum Gasteiger partial charge on any atom is -0.375 e. The van der Waals surface area contributed by atoms with E-state index in [1.54, 1.807) is 0 Å². The molecular weight excluding hydrogens is 256 g/mol. The maximum absolute atomic E-state index is 5.50. The Labute approximate surface area is 98.6 Å². The summed E-state index contributed by atoms with van der Waals surface area (Å²) in [4.78, 5) is 6.69. The third-order valence-corrected chi connectivity index (χ3v) is 3.43. The molecule has 1 aliphatic rings. The summed E-state index contributed by atoms with van der Waals surface area (Å²) in [6.45, 7) is 6.82. The van der Waals surface area contributed by atoms with Crippen LogP contribution in [0.3, 0.4) is 0 Å². The zero-order valence-electron chi connectivity index (χ0n) is 9.03. The first-order chi connectivity index (χ1) is 7.16. The van der Waals surface area contributed by atoms with Crippen LogP contribution in [0.1, 0.15) is 12.5 Å². The molecule has 2 heterocycles. The van der Waals surface area contributed by atoms with Crippen molar-refractivity contribution in [3.05, 3.63) is 22.3 Å². The van der Waals surface area contributed by atoms with Gasteiger partial charge in [0.05, 0.1) is 12.7 Å². The smallest absolute Gasteiger partial charge is 0.128 e. The second-order valence-electron chi connectivity index (χ2n) is 3.92. The van der Waals surface area contributed by atoms with Gasteiger partial charge in [0.25, 0.3) is 0 Å². The van der Waals surface area contributed by atoms with Gasteiger partial charge in [0.2, 0.25) is 0 Å². The molecule has 82 valence electrons. The average Bonchev–Trinajstić information content (AvgIpc) is 2.22. The van der Waals surface area contributed by atoms with Crippen molar-refractivity contribution in [3.63, 3.8) is 0 Å². The number of anilines is 1. The number of aryl methyl sites for hydroxylation is 1. The van der Waals surface area contributed by atoms with Gasteiger partial charge in [-0.25, -0.2) is 4.98 Å². The molecule has 2 rings (SSSR count). The quantitative estimate of drug-likeness (QED) is 0.784. The zero-order valence-corrected chi connectivity index (χ0v) is 10.6. The van der Waals surface area contributed by atoms with Gasteiger partial charge in [-0.2, -0.15) is 0 Å². The molecule has 0 unspecified atom stereocenters. The van der Waals surface area contributed by atoms with Crippen LogP contribution in [0, 0.1) is 6.92 Å². The van der Waals surface area contributed by atoms with Crippen molar-refractivity contribution in [1.29, 1.82) is 0 Å². The van der Waals surface area contributed by atoms with E-state index in [-0.39, 0.29) is 0 Å². The molecule has 0 aromatic carbocycles. The fourth-order valence-corrected chi connectivity index (χ4v) is 1.94. The number of pyridine rings is 1. The first-order valence-corrected chi connectivity index (χ1v) is 5.95. The lowest BCUT2D eigenvalue weighted by Crippen LogP contribution is -2.41. The van der Waals surface area contributed by atoms with Gasteiger partial charge >= 0.3 is 0 Å². The minimum atomic E-state index is 0.296. The van der Waals surface area contributed by atoms with Crippen LogP contribution >= 0.6 is 15.9 Å². The number of ether oxygens (including phenoxy) is 1. The van der Waals surface area contributed by atoms with Gasteiger partial charge in [0.1, 0.15) is 5.82 Å². The molecule has 1 aromatic heterocycles. The SMILES string of the molecule is Cc1cc(N2CCO[C@H](C)C2)ncc1Br. The Hall–Kier alpha value is -0.610. The number of hydrogen-bond acceptors (Lipinski definition) is 3. The molecule has 15 heavy (non-hydrogen) atoms. The van der Waals surface area contributed by atoms with Gasteiger partial charge < -0.3 is 9.64 Å². The van der Waals surface area contributed by atoms with E-state index >= 15 is 0 Å². The summed E-state index contributed by atoms with van der Waals surface area (Å²) in [6, 6.07) is 2.11. The van der Waals surface area contributed by atoms with Gasteiger partial charge in [0, 0.05) is 23.8 Å². The maximum Gasteiger partial charge on any atom is 0.128 e. The van der Waals surface area contributed by atoms with Crippen LogP contribution < -0.4 is 4.90 Å². The van der Waals surface area contributed by atoms with Crippen molar-refractivity contribution < 1.29 is 4.74 Å². The Bertz CT molecular complexity index is 356. The average molecular weight is 271 g/mol. The van der Waals surface area contributed by atoms with Gasteiger partial charge in [-0.1, -0.05) is 0 Å². The third kappa shape index (κ3) is 2.49. The highest BCUT2D eigenvalue weighted by Crippen LogP contribution is 2.21. The van der Waals surface area contributed by atoms with Crippen molar-refractivity contribution in [3.8, 4) is 0 Å². The van der Waals surface area contributed by atoms with Crippen LogP contribution in [-0.4, -0.2) is 30.8 Å². The summed E-state index contributed by atoms with van der Waals surface area (Å²) >= 11 is 3.46. The molecule has 1 aromatic rings. The molecule has 0 saturated carbocycles. The number of halogens is 1. The fraction of sp³-hybridized carbons (Fsp3) is 0.545. The predicted octanol–water partition coefficient (Wildman–Crippen LogP) is 2.38. The van der Waals surface area contributed by atoms with Crippen LogP contribution in [0.15, 0.2) is 16.7 Å². The highest BCUT2D eigenvalue weighted by molar-refractivity contribution is 9.10. The van der Waals surface area contributed by atoms with Crippen molar-refractivity contribution in [2.24, 2.45) is 0 Å². The zero-order chi connectivity index (χ0) is 10.8. The van der Waals surface area contributed by atoms with E-state index in [1.165, 1.54) is 5.56 Å². The molecule has 0 amide bonds. The highest BCUT2D eigenvalue weighted by atomic mass is 79.9. The first kappa shape index (κ1) is 10.9. The second-order valence-corrected chi connectivity index (χ2v) is 4.77. The lowest BCUT2D eigenvalue weighted by molar-refractivity contribution is 0.0529. The molecule has 1 fully saturated rings. The van der Waals surface area contributed by atoms with Crippen molar-refractivity contribution in [2.75, 3.05) is 24.6 Å². The Kier molecular flexibility index (Phi) is 3.26. The lowest BCUT2D eigenvalue weighted by atomic mass is 10.2. The van der Waals surface area contributed by atoms with Crippen molar-refractivity contribution in [1.82, 2.24) is 4.98 Å². The largest absolute Gasteiger partial charge is 0.375 e. The summed E-state index contributed by atoms with van der Waals surface area (Å²) in [7, 11) is 0. The standard InChI is InChI=1S/C11H15BrN2O/c1-8-5-11(13-6-10(8)12)14-3-4-15-9(2)7-14/h5-6,9H,3-4,7H2,1-2H3/t9-/m1/s1. The topological polar surface area (TPSA) is 25.4 Å². The van der Waals surface area contributed by atoms with Crippen LogP contribution in [0.2, 0.25) is 0 Å². The molecule has 0 radical (unpaired) electrons. The van der Waals surface area contributed by atoms with E-state index in [0.29, 0.717) is 6.10 Å².